The first-order chi connectivity index (χ1) is 16.2. The van der Waals surface area contributed by atoms with Gasteiger partial charge in [0.05, 0.1) is 10.8 Å². The lowest BCUT2D eigenvalue weighted by atomic mass is 9.98. The summed E-state index contributed by atoms with van der Waals surface area (Å²) < 4.78 is 27.5. The molecule has 2 aromatic carbocycles. The topological polar surface area (TPSA) is 90.0 Å². The summed E-state index contributed by atoms with van der Waals surface area (Å²) in [5.41, 5.74) is 2.18. The number of sulfonamides is 1. The predicted molar refractivity (Wildman–Crippen MR) is 131 cm³/mol. The largest absolute Gasteiger partial charge is 0.336 e. The van der Waals surface area contributed by atoms with Crippen molar-refractivity contribution in [2.45, 2.75) is 24.7 Å². The van der Waals surface area contributed by atoms with Crippen LogP contribution in [-0.4, -0.2) is 80.7 Å². The zero-order chi connectivity index (χ0) is 24.3. The summed E-state index contributed by atoms with van der Waals surface area (Å²) in [7, 11) is -1.59. The van der Waals surface area contributed by atoms with Gasteiger partial charge in [-0.2, -0.15) is 4.31 Å². The van der Waals surface area contributed by atoms with Gasteiger partial charge in [-0.05, 0) is 63.2 Å². The van der Waals surface area contributed by atoms with E-state index < -0.39 is 15.9 Å². The second-order valence-electron chi connectivity index (χ2n) is 9.18. The van der Waals surface area contributed by atoms with Crippen LogP contribution in [0.5, 0.6) is 0 Å². The first-order valence-electron chi connectivity index (χ1n) is 11.7. The van der Waals surface area contributed by atoms with Gasteiger partial charge in [-0.15, -0.1) is 0 Å². The van der Waals surface area contributed by atoms with Crippen LogP contribution in [0.2, 0.25) is 0 Å². The van der Waals surface area contributed by atoms with E-state index in [1.54, 1.807) is 48.5 Å². The molecule has 8 nitrogen and oxygen atoms in total. The minimum Gasteiger partial charge on any atom is -0.336 e. The van der Waals surface area contributed by atoms with E-state index in [0.717, 1.165) is 18.7 Å². The predicted octanol–water partition coefficient (Wildman–Crippen LogP) is 2.42. The molecule has 0 aromatic heterocycles. The third-order valence-electron chi connectivity index (χ3n) is 6.60. The molecule has 0 aliphatic carbocycles. The fourth-order valence-corrected chi connectivity index (χ4v) is 5.89. The van der Waals surface area contributed by atoms with Gasteiger partial charge < -0.3 is 15.1 Å². The summed E-state index contributed by atoms with van der Waals surface area (Å²) in [6.07, 6.45) is 1.26. The quantitative estimate of drug-likeness (QED) is 0.704. The SMILES string of the molecule is Cc1ccc(S(=O)(=O)N2CCC[C@@H](C(=O)Nc3ccc(C(=O)N4CCN(C)CC4)cc3)C2)cc1. The van der Waals surface area contributed by atoms with Gasteiger partial charge in [-0.25, -0.2) is 8.42 Å². The van der Waals surface area contributed by atoms with Crippen LogP contribution in [0.3, 0.4) is 0 Å². The second-order valence-corrected chi connectivity index (χ2v) is 11.1. The highest BCUT2D eigenvalue weighted by molar-refractivity contribution is 7.89. The van der Waals surface area contributed by atoms with Gasteiger partial charge in [-0.3, -0.25) is 9.59 Å². The highest BCUT2D eigenvalue weighted by Gasteiger charge is 2.33. The molecule has 182 valence electrons. The Bertz CT molecular complexity index is 1120. The number of carbonyl (C=O) groups excluding carboxylic acids is 2. The molecule has 2 amide bonds. The molecule has 0 radical (unpaired) electrons. The Labute approximate surface area is 201 Å². The lowest BCUT2D eigenvalue weighted by Crippen LogP contribution is -2.47. The summed E-state index contributed by atoms with van der Waals surface area (Å²) in [6, 6.07) is 13.7. The third kappa shape index (κ3) is 5.48. The molecular weight excluding hydrogens is 452 g/mol. The number of hydrogen-bond donors (Lipinski definition) is 1. The summed E-state index contributed by atoms with van der Waals surface area (Å²) in [6.45, 7) is 5.60. The summed E-state index contributed by atoms with van der Waals surface area (Å²) in [4.78, 5) is 29.9. The van der Waals surface area contributed by atoms with Crippen molar-refractivity contribution in [2.24, 2.45) is 5.92 Å². The molecular formula is C25H32N4O4S. The van der Waals surface area contributed by atoms with E-state index in [1.165, 1.54) is 4.31 Å². The Morgan fingerprint density at radius 3 is 2.21 bits per heavy atom. The van der Waals surface area contributed by atoms with Crippen LogP contribution in [0.15, 0.2) is 53.4 Å². The molecule has 0 spiro atoms. The number of anilines is 1. The lowest BCUT2D eigenvalue weighted by molar-refractivity contribution is -0.120. The van der Waals surface area contributed by atoms with E-state index >= 15 is 0 Å². The molecule has 2 heterocycles. The van der Waals surface area contributed by atoms with Crippen molar-refractivity contribution in [1.29, 1.82) is 0 Å². The minimum atomic E-state index is -3.64. The second kappa shape index (κ2) is 10.2. The Kier molecular flexibility index (Phi) is 7.35. The fourth-order valence-electron chi connectivity index (χ4n) is 4.37. The summed E-state index contributed by atoms with van der Waals surface area (Å²) in [5.74, 6) is -0.641. The number of aryl methyl sites for hydroxylation is 1. The van der Waals surface area contributed by atoms with Gasteiger partial charge in [0.15, 0.2) is 0 Å². The Hall–Kier alpha value is -2.75. The van der Waals surface area contributed by atoms with Gasteiger partial charge in [0.25, 0.3) is 5.91 Å². The number of amides is 2. The van der Waals surface area contributed by atoms with Crippen LogP contribution < -0.4 is 5.32 Å². The molecule has 2 aliphatic heterocycles. The molecule has 1 atom stereocenters. The number of piperazine rings is 1. The maximum atomic E-state index is 13.0. The first-order valence-corrected chi connectivity index (χ1v) is 13.1. The first kappa shape index (κ1) is 24.4. The zero-order valence-electron chi connectivity index (χ0n) is 19.7. The molecule has 0 saturated carbocycles. The molecule has 1 N–H and O–H groups in total. The molecule has 2 saturated heterocycles. The van der Waals surface area contributed by atoms with Crippen molar-refractivity contribution in [3.8, 4) is 0 Å². The van der Waals surface area contributed by atoms with Crippen molar-refractivity contribution in [3.63, 3.8) is 0 Å². The average molecular weight is 485 g/mol. The normalized spacial score (nSPS) is 20.2. The molecule has 0 unspecified atom stereocenters. The maximum Gasteiger partial charge on any atom is 0.253 e. The van der Waals surface area contributed by atoms with Crippen LogP contribution >= 0.6 is 0 Å². The molecule has 2 aromatic rings. The number of likely N-dealkylation sites (N-methyl/N-ethyl adjacent to an activating group) is 1. The van der Waals surface area contributed by atoms with E-state index in [4.69, 9.17) is 0 Å². The van der Waals surface area contributed by atoms with Gasteiger partial charge in [-0.1, -0.05) is 17.7 Å². The molecule has 2 aliphatic rings. The van der Waals surface area contributed by atoms with Gasteiger partial charge in [0.2, 0.25) is 15.9 Å². The number of nitrogens with one attached hydrogen (secondary N) is 1. The lowest BCUT2D eigenvalue weighted by Gasteiger charge is -2.32. The monoisotopic (exact) mass is 484 g/mol. The van der Waals surface area contributed by atoms with E-state index in [9.17, 15) is 18.0 Å². The third-order valence-corrected chi connectivity index (χ3v) is 8.48. The van der Waals surface area contributed by atoms with Crippen LogP contribution in [0.25, 0.3) is 0 Å². The standard InChI is InChI=1S/C25H32N4O4S/c1-19-5-11-23(12-6-19)34(32,33)29-13-3-4-21(18-29)24(30)26-22-9-7-20(8-10-22)25(31)28-16-14-27(2)15-17-28/h5-12,21H,3-4,13-18H2,1-2H3,(H,26,30)/t21-/m1/s1. The van der Waals surface area contributed by atoms with E-state index in [1.807, 2.05) is 18.9 Å². The number of nitrogens with zero attached hydrogens (tertiary/aromatic N) is 3. The van der Waals surface area contributed by atoms with Crippen molar-refractivity contribution in [1.82, 2.24) is 14.1 Å². The van der Waals surface area contributed by atoms with Gasteiger partial charge in [0, 0.05) is 50.5 Å². The smallest absolute Gasteiger partial charge is 0.253 e. The minimum absolute atomic E-state index is 0.00443. The number of hydrogen-bond acceptors (Lipinski definition) is 5. The van der Waals surface area contributed by atoms with Crippen molar-refractivity contribution < 1.29 is 18.0 Å². The Morgan fingerprint density at radius 2 is 1.56 bits per heavy atom. The van der Waals surface area contributed by atoms with Crippen molar-refractivity contribution in [2.75, 3.05) is 51.6 Å². The average Bonchev–Trinajstić information content (AvgIpc) is 2.85. The van der Waals surface area contributed by atoms with Crippen LogP contribution in [0, 0.1) is 12.8 Å². The van der Waals surface area contributed by atoms with Crippen LogP contribution in [0.1, 0.15) is 28.8 Å². The highest BCUT2D eigenvalue weighted by Crippen LogP contribution is 2.25. The van der Waals surface area contributed by atoms with Gasteiger partial charge in [0.1, 0.15) is 0 Å². The van der Waals surface area contributed by atoms with Crippen molar-refractivity contribution in [3.05, 3.63) is 59.7 Å². The van der Waals surface area contributed by atoms with Crippen LogP contribution in [0.4, 0.5) is 5.69 Å². The van der Waals surface area contributed by atoms with E-state index in [0.29, 0.717) is 43.7 Å². The summed E-state index contributed by atoms with van der Waals surface area (Å²) >= 11 is 0. The molecule has 0 bridgehead atoms. The van der Waals surface area contributed by atoms with E-state index in [-0.39, 0.29) is 23.3 Å². The molecule has 4 rings (SSSR count). The van der Waals surface area contributed by atoms with E-state index in [2.05, 4.69) is 10.2 Å². The number of benzene rings is 2. The molecule has 9 heteroatoms. The Balaban J connectivity index is 1.37. The number of rotatable bonds is 5. The number of carbonyl (C=O) groups is 2. The fraction of sp³-hybridized carbons (Fsp3) is 0.440. The molecule has 34 heavy (non-hydrogen) atoms. The summed E-state index contributed by atoms with van der Waals surface area (Å²) in [5, 5.41) is 2.89. The van der Waals surface area contributed by atoms with Crippen LogP contribution in [-0.2, 0) is 14.8 Å². The Morgan fingerprint density at radius 1 is 0.912 bits per heavy atom. The number of piperidine rings is 1. The van der Waals surface area contributed by atoms with Crippen molar-refractivity contribution >= 4 is 27.5 Å². The molecule has 2 fully saturated rings. The highest BCUT2D eigenvalue weighted by atomic mass is 32.2. The maximum absolute atomic E-state index is 13.0. The zero-order valence-corrected chi connectivity index (χ0v) is 20.6. The van der Waals surface area contributed by atoms with Gasteiger partial charge >= 0.3 is 0 Å².